The molecule has 0 rings (SSSR count). The zero-order chi connectivity index (χ0) is 14.3. The van der Waals surface area contributed by atoms with E-state index < -0.39 is 5.97 Å². The van der Waals surface area contributed by atoms with Crippen LogP contribution in [0.4, 0.5) is 0 Å². The summed E-state index contributed by atoms with van der Waals surface area (Å²) in [4.78, 5) is 10.5. The molecule has 19 heavy (non-hydrogen) atoms. The Hall–Kier alpha value is -0.830. The first-order valence-electron chi connectivity index (χ1n) is 7.79. The summed E-state index contributed by atoms with van der Waals surface area (Å²) in [6.07, 6.45) is 13.3. The van der Waals surface area contributed by atoms with Crippen LogP contribution in [0.1, 0.15) is 71.6 Å². The molecule has 0 unspecified atom stereocenters. The maximum atomic E-state index is 10.5. The van der Waals surface area contributed by atoms with E-state index in [4.69, 9.17) is 5.11 Å². The van der Waals surface area contributed by atoms with Crippen LogP contribution in [0.5, 0.6) is 0 Å². The number of hydrogen-bond acceptors (Lipinski definition) is 2. The van der Waals surface area contributed by atoms with Crippen LogP contribution in [0.2, 0.25) is 0 Å². The summed E-state index contributed by atoms with van der Waals surface area (Å²) in [5, 5.41) is 12.0. The molecule has 0 radical (unpaired) electrons. The third-order valence-electron chi connectivity index (χ3n) is 3.32. The molecule has 0 aromatic carbocycles. The number of carboxylic acid groups (broad SMARTS) is 1. The second-order valence-electron chi connectivity index (χ2n) is 5.21. The normalized spacial score (nSPS) is 11.8. The van der Waals surface area contributed by atoms with Crippen LogP contribution in [0.15, 0.2) is 11.6 Å². The molecular weight excluding hydrogens is 238 g/mol. The van der Waals surface area contributed by atoms with Crippen molar-refractivity contribution >= 4 is 5.97 Å². The summed E-state index contributed by atoms with van der Waals surface area (Å²) in [5.74, 6) is -0.817. The highest BCUT2D eigenvalue weighted by atomic mass is 16.4. The Balaban J connectivity index is 3.15. The summed E-state index contributed by atoms with van der Waals surface area (Å²) in [6.45, 7) is 5.82. The van der Waals surface area contributed by atoms with Crippen molar-refractivity contribution in [3.05, 3.63) is 11.6 Å². The van der Waals surface area contributed by atoms with Crippen molar-refractivity contribution in [3.8, 4) is 0 Å². The van der Waals surface area contributed by atoms with Crippen molar-refractivity contribution in [2.75, 3.05) is 13.1 Å². The van der Waals surface area contributed by atoms with E-state index in [2.05, 4.69) is 12.2 Å². The highest BCUT2D eigenvalue weighted by Gasteiger charge is 1.97. The molecule has 0 aliphatic heterocycles. The summed E-state index contributed by atoms with van der Waals surface area (Å²) < 4.78 is 0. The molecule has 2 N–H and O–H groups in total. The van der Waals surface area contributed by atoms with Crippen LogP contribution >= 0.6 is 0 Å². The number of nitrogens with one attached hydrogen (secondary N) is 1. The van der Waals surface area contributed by atoms with Crippen molar-refractivity contribution in [2.45, 2.75) is 71.6 Å². The molecule has 0 amide bonds. The monoisotopic (exact) mass is 269 g/mol. The molecule has 0 saturated heterocycles. The average Bonchev–Trinajstić information content (AvgIpc) is 2.39. The van der Waals surface area contributed by atoms with E-state index in [9.17, 15) is 4.79 Å². The molecule has 0 aliphatic rings. The van der Waals surface area contributed by atoms with Gasteiger partial charge in [-0.25, -0.2) is 4.79 Å². The Morgan fingerprint density at radius 2 is 1.58 bits per heavy atom. The van der Waals surface area contributed by atoms with Gasteiger partial charge in [-0.05, 0) is 32.9 Å². The van der Waals surface area contributed by atoms with Crippen LogP contribution in [0.3, 0.4) is 0 Å². The van der Waals surface area contributed by atoms with E-state index in [0.29, 0.717) is 5.57 Å². The van der Waals surface area contributed by atoms with Gasteiger partial charge in [0, 0.05) is 5.57 Å². The molecule has 3 nitrogen and oxygen atoms in total. The van der Waals surface area contributed by atoms with E-state index in [1.54, 1.807) is 13.0 Å². The standard InChI is InChI=1S/C16H31NO2/c1-3-4-5-6-7-8-9-10-13-17-14-11-12-15(2)16(18)19/h12,17H,3-11,13-14H2,1-2H3,(H,18,19). The van der Waals surface area contributed by atoms with Gasteiger partial charge in [0.2, 0.25) is 0 Å². The lowest BCUT2D eigenvalue weighted by Gasteiger charge is -2.03. The van der Waals surface area contributed by atoms with Gasteiger partial charge in [-0.15, -0.1) is 0 Å². The third kappa shape index (κ3) is 13.4. The van der Waals surface area contributed by atoms with Gasteiger partial charge >= 0.3 is 5.97 Å². The Morgan fingerprint density at radius 1 is 1.00 bits per heavy atom. The molecule has 0 aromatic rings. The van der Waals surface area contributed by atoms with Crippen molar-refractivity contribution in [3.63, 3.8) is 0 Å². The Kier molecular flexibility index (Phi) is 13.0. The fourth-order valence-corrected chi connectivity index (χ4v) is 1.99. The fourth-order valence-electron chi connectivity index (χ4n) is 1.99. The topological polar surface area (TPSA) is 49.3 Å². The molecule has 0 heterocycles. The Bertz CT molecular complexity index is 249. The van der Waals surface area contributed by atoms with Gasteiger partial charge < -0.3 is 10.4 Å². The van der Waals surface area contributed by atoms with Crippen LogP contribution in [0, 0.1) is 0 Å². The van der Waals surface area contributed by atoms with Crippen LogP contribution in [-0.4, -0.2) is 24.2 Å². The molecule has 0 bridgehead atoms. The fraction of sp³-hybridized carbons (Fsp3) is 0.812. The van der Waals surface area contributed by atoms with Crippen molar-refractivity contribution in [1.82, 2.24) is 5.32 Å². The van der Waals surface area contributed by atoms with Gasteiger partial charge in [0.25, 0.3) is 0 Å². The average molecular weight is 269 g/mol. The highest BCUT2D eigenvalue weighted by Crippen LogP contribution is 2.07. The van der Waals surface area contributed by atoms with Crippen molar-refractivity contribution < 1.29 is 9.90 Å². The zero-order valence-corrected chi connectivity index (χ0v) is 12.7. The maximum Gasteiger partial charge on any atom is 0.330 e. The number of aliphatic carboxylic acids is 1. The van der Waals surface area contributed by atoms with Gasteiger partial charge in [0.1, 0.15) is 0 Å². The Labute approximate surface area is 118 Å². The van der Waals surface area contributed by atoms with Gasteiger partial charge in [-0.1, -0.05) is 57.9 Å². The minimum atomic E-state index is -0.817. The second-order valence-corrected chi connectivity index (χ2v) is 5.21. The smallest absolute Gasteiger partial charge is 0.330 e. The van der Waals surface area contributed by atoms with Crippen LogP contribution in [0.25, 0.3) is 0 Å². The number of carboxylic acids is 1. The zero-order valence-electron chi connectivity index (χ0n) is 12.7. The molecule has 0 spiro atoms. The molecular formula is C16H31NO2. The van der Waals surface area contributed by atoms with Gasteiger partial charge in [-0.2, -0.15) is 0 Å². The molecule has 112 valence electrons. The van der Waals surface area contributed by atoms with Gasteiger partial charge in [0.05, 0.1) is 0 Å². The van der Waals surface area contributed by atoms with Gasteiger partial charge in [-0.3, -0.25) is 0 Å². The quantitative estimate of drug-likeness (QED) is 0.390. The Morgan fingerprint density at radius 3 is 2.16 bits per heavy atom. The van der Waals surface area contributed by atoms with Gasteiger partial charge in [0.15, 0.2) is 0 Å². The van der Waals surface area contributed by atoms with E-state index >= 15 is 0 Å². The van der Waals surface area contributed by atoms with E-state index in [0.717, 1.165) is 19.5 Å². The predicted octanol–water partition coefficient (Wildman–Crippen LogP) is 4.14. The van der Waals surface area contributed by atoms with E-state index in [1.807, 2.05) is 0 Å². The summed E-state index contributed by atoms with van der Waals surface area (Å²) >= 11 is 0. The van der Waals surface area contributed by atoms with E-state index in [1.165, 1.54) is 51.4 Å². The summed E-state index contributed by atoms with van der Waals surface area (Å²) in [6, 6.07) is 0. The lowest BCUT2D eigenvalue weighted by atomic mass is 10.1. The summed E-state index contributed by atoms with van der Waals surface area (Å²) in [5.41, 5.74) is 0.439. The number of unbranched alkanes of at least 4 members (excludes halogenated alkanes) is 7. The van der Waals surface area contributed by atoms with Crippen molar-refractivity contribution in [2.24, 2.45) is 0 Å². The lowest BCUT2D eigenvalue weighted by molar-refractivity contribution is -0.132. The number of carbonyl (C=O) groups is 1. The van der Waals surface area contributed by atoms with Crippen molar-refractivity contribution in [1.29, 1.82) is 0 Å². The number of hydrogen-bond donors (Lipinski definition) is 2. The van der Waals surface area contributed by atoms with Crippen LogP contribution in [-0.2, 0) is 4.79 Å². The van der Waals surface area contributed by atoms with Crippen LogP contribution < -0.4 is 5.32 Å². The molecule has 3 heteroatoms. The minimum Gasteiger partial charge on any atom is -0.478 e. The molecule has 0 saturated carbocycles. The maximum absolute atomic E-state index is 10.5. The predicted molar refractivity (Wildman–Crippen MR) is 81.5 cm³/mol. The third-order valence-corrected chi connectivity index (χ3v) is 3.32. The molecule has 0 aliphatic carbocycles. The SMILES string of the molecule is CCCCCCCCCCNCCC=C(C)C(=O)O. The first kappa shape index (κ1) is 18.2. The molecule has 0 aromatic heterocycles. The second kappa shape index (κ2) is 13.6. The molecule has 0 fully saturated rings. The number of rotatable bonds is 13. The lowest BCUT2D eigenvalue weighted by Crippen LogP contribution is -2.16. The minimum absolute atomic E-state index is 0.439. The van der Waals surface area contributed by atoms with E-state index in [-0.39, 0.29) is 0 Å². The largest absolute Gasteiger partial charge is 0.478 e. The summed E-state index contributed by atoms with van der Waals surface area (Å²) in [7, 11) is 0. The first-order valence-corrected chi connectivity index (χ1v) is 7.79. The first-order chi connectivity index (χ1) is 9.18. The molecule has 0 atom stereocenters. The highest BCUT2D eigenvalue weighted by molar-refractivity contribution is 5.85.